The van der Waals surface area contributed by atoms with Crippen molar-refractivity contribution in [3.8, 4) is 0 Å². The van der Waals surface area contributed by atoms with Gasteiger partial charge >= 0.3 is 0 Å². The Morgan fingerprint density at radius 3 is 3.71 bits per heavy atom. The SMILES string of the molecule is [C]1=CNCCCO1. The predicted molar refractivity (Wildman–Crippen MR) is 26.4 cm³/mol. The minimum atomic E-state index is 0.795. The van der Waals surface area contributed by atoms with E-state index in [1.165, 1.54) is 0 Å². The summed E-state index contributed by atoms with van der Waals surface area (Å²) in [6, 6.07) is 0. The number of ether oxygens (including phenoxy) is 1. The lowest BCUT2D eigenvalue weighted by Crippen LogP contribution is -2.04. The molecule has 0 aromatic carbocycles. The van der Waals surface area contributed by atoms with E-state index in [4.69, 9.17) is 4.74 Å². The van der Waals surface area contributed by atoms with Gasteiger partial charge in [-0.25, -0.2) is 0 Å². The van der Waals surface area contributed by atoms with E-state index in [0.717, 1.165) is 19.6 Å². The zero-order valence-electron chi connectivity index (χ0n) is 4.11. The van der Waals surface area contributed by atoms with Crippen molar-refractivity contribution >= 4 is 0 Å². The lowest BCUT2D eigenvalue weighted by atomic mass is 10.5. The molecule has 1 N–H and O–H groups in total. The van der Waals surface area contributed by atoms with E-state index >= 15 is 0 Å². The van der Waals surface area contributed by atoms with Crippen molar-refractivity contribution < 1.29 is 4.74 Å². The van der Waals surface area contributed by atoms with Gasteiger partial charge < -0.3 is 10.1 Å². The summed E-state index contributed by atoms with van der Waals surface area (Å²) in [6.07, 6.45) is 5.39. The summed E-state index contributed by atoms with van der Waals surface area (Å²) >= 11 is 0. The van der Waals surface area contributed by atoms with Gasteiger partial charge in [-0.3, -0.25) is 0 Å². The molecule has 0 aromatic rings. The molecule has 1 radical (unpaired) electrons. The average molecular weight is 98.1 g/mol. The molecule has 0 aliphatic carbocycles. The quantitative estimate of drug-likeness (QED) is 0.469. The molecule has 0 bridgehead atoms. The Hall–Kier alpha value is -0.660. The van der Waals surface area contributed by atoms with Crippen molar-refractivity contribution in [2.24, 2.45) is 0 Å². The van der Waals surface area contributed by atoms with Crippen LogP contribution in [0.1, 0.15) is 6.42 Å². The summed E-state index contributed by atoms with van der Waals surface area (Å²) in [5.41, 5.74) is 0. The molecule has 1 aliphatic heterocycles. The molecule has 2 nitrogen and oxygen atoms in total. The minimum absolute atomic E-state index is 0.795. The molecule has 0 saturated carbocycles. The molecule has 39 valence electrons. The van der Waals surface area contributed by atoms with Crippen LogP contribution in [0.15, 0.2) is 6.20 Å². The highest BCUT2D eigenvalue weighted by atomic mass is 16.5. The van der Waals surface area contributed by atoms with Crippen LogP contribution in [0.2, 0.25) is 0 Å². The lowest BCUT2D eigenvalue weighted by molar-refractivity contribution is 0.232. The highest BCUT2D eigenvalue weighted by Crippen LogP contribution is 1.84. The van der Waals surface area contributed by atoms with Gasteiger partial charge in [0.05, 0.1) is 6.61 Å². The first-order valence-electron chi connectivity index (χ1n) is 2.42. The van der Waals surface area contributed by atoms with Crippen molar-refractivity contribution in [3.05, 3.63) is 12.5 Å². The van der Waals surface area contributed by atoms with E-state index in [9.17, 15) is 0 Å². The summed E-state index contributed by atoms with van der Waals surface area (Å²) in [6.45, 7) is 1.80. The molecular weight excluding hydrogens is 90.1 g/mol. The second-order valence-electron chi connectivity index (χ2n) is 1.42. The van der Waals surface area contributed by atoms with Gasteiger partial charge in [0.2, 0.25) is 0 Å². The minimum Gasteiger partial charge on any atom is -0.488 e. The fourth-order valence-electron chi connectivity index (χ4n) is 0.461. The second kappa shape index (κ2) is 2.50. The van der Waals surface area contributed by atoms with Crippen LogP contribution >= 0.6 is 0 Å². The average Bonchev–Trinajstić information content (AvgIpc) is 1.90. The maximum atomic E-state index is 4.83. The summed E-state index contributed by atoms with van der Waals surface area (Å²) in [5.74, 6) is 0. The molecular formula is C5H8NO. The van der Waals surface area contributed by atoms with Crippen LogP contribution in [0.4, 0.5) is 0 Å². The zero-order valence-corrected chi connectivity index (χ0v) is 4.11. The van der Waals surface area contributed by atoms with Gasteiger partial charge in [0.25, 0.3) is 0 Å². The maximum Gasteiger partial charge on any atom is 0.178 e. The van der Waals surface area contributed by atoms with Crippen molar-refractivity contribution in [2.45, 2.75) is 6.42 Å². The smallest absolute Gasteiger partial charge is 0.178 e. The second-order valence-corrected chi connectivity index (χ2v) is 1.42. The van der Waals surface area contributed by atoms with Crippen LogP contribution in [0.3, 0.4) is 0 Å². The van der Waals surface area contributed by atoms with Gasteiger partial charge in [-0.15, -0.1) is 0 Å². The Labute approximate surface area is 43.2 Å². The molecule has 0 atom stereocenters. The monoisotopic (exact) mass is 98.1 g/mol. The topological polar surface area (TPSA) is 21.3 Å². The fraction of sp³-hybridized carbons (Fsp3) is 0.600. The Balaban J connectivity index is 2.20. The molecule has 0 amide bonds. The molecule has 0 aromatic heterocycles. The molecule has 2 heteroatoms. The van der Waals surface area contributed by atoms with E-state index in [-0.39, 0.29) is 0 Å². The van der Waals surface area contributed by atoms with Crippen molar-refractivity contribution in [1.29, 1.82) is 0 Å². The van der Waals surface area contributed by atoms with Crippen LogP contribution in [0, 0.1) is 6.26 Å². The number of rotatable bonds is 0. The normalized spacial score (nSPS) is 19.4. The van der Waals surface area contributed by atoms with Crippen molar-refractivity contribution in [3.63, 3.8) is 0 Å². The van der Waals surface area contributed by atoms with Crippen molar-refractivity contribution in [1.82, 2.24) is 5.32 Å². The van der Waals surface area contributed by atoms with Gasteiger partial charge in [0.15, 0.2) is 6.26 Å². The van der Waals surface area contributed by atoms with Crippen LogP contribution in [-0.2, 0) is 4.74 Å². The van der Waals surface area contributed by atoms with Crippen molar-refractivity contribution in [2.75, 3.05) is 13.2 Å². The first-order chi connectivity index (χ1) is 3.50. The molecule has 1 rings (SSSR count). The van der Waals surface area contributed by atoms with E-state index in [1.807, 2.05) is 0 Å². The third-order valence-corrected chi connectivity index (χ3v) is 0.812. The van der Waals surface area contributed by atoms with E-state index in [2.05, 4.69) is 11.6 Å². The largest absolute Gasteiger partial charge is 0.488 e. The highest BCUT2D eigenvalue weighted by Gasteiger charge is 1.87. The highest BCUT2D eigenvalue weighted by molar-refractivity contribution is 4.66. The molecule has 7 heavy (non-hydrogen) atoms. The van der Waals surface area contributed by atoms with Crippen LogP contribution in [0.25, 0.3) is 0 Å². The Kier molecular flexibility index (Phi) is 1.61. The molecule has 0 fully saturated rings. The van der Waals surface area contributed by atoms with Gasteiger partial charge in [-0.05, 0) is 6.42 Å². The summed E-state index contributed by atoms with van der Waals surface area (Å²) in [5, 5.41) is 2.99. The predicted octanol–water partition coefficient (Wildman–Crippen LogP) is 0.271. The van der Waals surface area contributed by atoms with Gasteiger partial charge in [-0.1, -0.05) is 0 Å². The van der Waals surface area contributed by atoms with E-state index in [1.54, 1.807) is 6.20 Å². The number of hydrogen-bond acceptors (Lipinski definition) is 2. The first-order valence-corrected chi connectivity index (χ1v) is 2.42. The third kappa shape index (κ3) is 1.48. The van der Waals surface area contributed by atoms with Crippen LogP contribution < -0.4 is 5.32 Å². The van der Waals surface area contributed by atoms with Crippen LogP contribution in [-0.4, -0.2) is 13.2 Å². The number of nitrogens with one attached hydrogen (secondary N) is 1. The van der Waals surface area contributed by atoms with E-state index < -0.39 is 0 Å². The zero-order chi connectivity index (χ0) is 4.95. The van der Waals surface area contributed by atoms with E-state index in [0.29, 0.717) is 0 Å². The first kappa shape index (κ1) is 4.50. The summed E-state index contributed by atoms with van der Waals surface area (Å²) in [4.78, 5) is 0. The maximum absolute atomic E-state index is 4.83. The molecule has 1 heterocycles. The standard InChI is InChI=1S/C5H8NO/c1-2-6-3-5-7-4-1/h3,6H,1-2,4H2. The molecule has 0 spiro atoms. The third-order valence-electron chi connectivity index (χ3n) is 0.812. The fourth-order valence-corrected chi connectivity index (χ4v) is 0.461. The number of hydrogen-bond donors (Lipinski definition) is 1. The Morgan fingerprint density at radius 2 is 2.71 bits per heavy atom. The van der Waals surface area contributed by atoms with Crippen LogP contribution in [0.5, 0.6) is 0 Å². The lowest BCUT2D eigenvalue weighted by Gasteiger charge is -1.91. The summed E-state index contributed by atoms with van der Waals surface area (Å²) in [7, 11) is 0. The Bertz CT molecular complexity index is 62.5. The molecule has 0 unspecified atom stereocenters. The van der Waals surface area contributed by atoms with Gasteiger partial charge in [0.1, 0.15) is 0 Å². The molecule has 1 aliphatic rings. The Morgan fingerprint density at radius 1 is 1.71 bits per heavy atom. The van der Waals surface area contributed by atoms with Gasteiger partial charge in [0, 0.05) is 12.7 Å². The molecule has 0 saturated heterocycles. The van der Waals surface area contributed by atoms with Gasteiger partial charge in [-0.2, -0.15) is 0 Å². The summed E-state index contributed by atoms with van der Waals surface area (Å²) < 4.78 is 4.83.